The lowest BCUT2D eigenvalue weighted by Gasteiger charge is -2.42. The van der Waals surface area contributed by atoms with Crippen LogP contribution in [0.2, 0.25) is 0 Å². The number of alkyl halides is 3. The smallest absolute Gasteiger partial charge is 0.332 e. The van der Waals surface area contributed by atoms with Gasteiger partial charge in [0.05, 0.1) is 6.54 Å². The van der Waals surface area contributed by atoms with E-state index in [1.807, 2.05) is 0 Å². The zero-order valence-electron chi connectivity index (χ0n) is 11.3. The number of amides is 2. The Labute approximate surface area is 115 Å². The van der Waals surface area contributed by atoms with Crippen molar-refractivity contribution in [2.75, 3.05) is 19.6 Å². The topological polar surface area (TPSA) is 40.6 Å². The molecule has 0 bridgehead atoms. The quantitative estimate of drug-likeness (QED) is 0.743. The van der Waals surface area contributed by atoms with Gasteiger partial charge >= 0.3 is 6.18 Å². The summed E-state index contributed by atoms with van der Waals surface area (Å²) in [4.78, 5) is 27.2. The van der Waals surface area contributed by atoms with Crippen molar-refractivity contribution in [1.82, 2.24) is 9.80 Å². The maximum Gasteiger partial charge on any atom is 0.389 e. The number of nitrogens with zero attached hydrogens (tertiary/aromatic N) is 2. The SMILES string of the molecule is O=C1C2CCCCN2C(=O)CN1CCCCC(F)(F)F. The molecule has 114 valence electrons. The van der Waals surface area contributed by atoms with Crippen molar-refractivity contribution >= 4 is 11.8 Å². The first-order valence-corrected chi connectivity index (χ1v) is 7.03. The van der Waals surface area contributed by atoms with Crippen LogP contribution in [0.15, 0.2) is 0 Å². The van der Waals surface area contributed by atoms with E-state index >= 15 is 0 Å². The molecule has 7 heteroatoms. The van der Waals surface area contributed by atoms with E-state index in [4.69, 9.17) is 0 Å². The van der Waals surface area contributed by atoms with E-state index < -0.39 is 12.6 Å². The first kappa shape index (κ1) is 15.1. The Morgan fingerprint density at radius 3 is 2.60 bits per heavy atom. The Bertz CT molecular complexity index is 384. The lowest BCUT2D eigenvalue weighted by Crippen LogP contribution is -2.61. The highest BCUT2D eigenvalue weighted by molar-refractivity contribution is 5.95. The van der Waals surface area contributed by atoms with E-state index in [2.05, 4.69) is 0 Å². The third-order valence-corrected chi connectivity index (χ3v) is 3.88. The Morgan fingerprint density at radius 2 is 1.90 bits per heavy atom. The molecule has 2 aliphatic heterocycles. The number of carbonyl (C=O) groups is 2. The number of hydrogen-bond acceptors (Lipinski definition) is 2. The maximum atomic E-state index is 12.2. The number of unbranched alkanes of at least 4 members (excludes halogenated alkanes) is 1. The molecule has 0 aliphatic carbocycles. The van der Waals surface area contributed by atoms with Crippen LogP contribution in [-0.4, -0.2) is 53.5 Å². The first-order valence-electron chi connectivity index (χ1n) is 7.03. The van der Waals surface area contributed by atoms with Crippen molar-refractivity contribution in [3.05, 3.63) is 0 Å². The summed E-state index contributed by atoms with van der Waals surface area (Å²) in [6.07, 6.45) is -2.20. The third-order valence-electron chi connectivity index (χ3n) is 3.88. The number of fused-ring (bicyclic) bond motifs is 1. The van der Waals surface area contributed by atoms with Gasteiger partial charge in [-0.2, -0.15) is 13.2 Å². The Kier molecular flexibility index (Phi) is 4.55. The van der Waals surface area contributed by atoms with Crippen LogP contribution in [0.1, 0.15) is 38.5 Å². The van der Waals surface area contributed by atoms with Crippen LogP contribution in [0.5, 0.6) is 0 Å². The zero-order valence-corrected chi connectivity index (χ0v) is 11.3. The van der Waals surface area contributed by atoms with Crippen LogP contribution < -0.4 is 0 Å². The van der Waals surface area contributed by atoms with Crippen molar-refractivity contribution in [2.45, 2.75) is 50.7 Å². The van der Waals surface area contributed by atoms with E-state index in [9.17, 15) is 22.8 Å². The summed E-state index contributed by atoms with van der Waals surface area (Å²) in [5.74, 6) is -0.179. The van der Waals surface area contributed by atoms with E-state index in [1.165, 1.54) is 4.90 Å². The van der Waals surface area contributed by atoms with Crippen molar-refractivity contribution in [3.8, 4) is 0 Å². The molecule has 1 atom stereocenters. The minimum atomic E-state index is -4.15. The molecule has 4 nitrogen and oxygen atoms in total. The first-order chi connectivity index (χ1) is 9.38. The maximum absolute atomic E-state index is 12.2. The summed E-state index contributed by atoms with van der Waals surface area (Å²) in [7, 11) is 0. The van der Waals surface area contributed by atoms with Gasteiger partial charge in [0, 0.05) is 19.5 Å². The summed E-state index contributed by atoms with van der Waals surface area (Å²) in [5.41, 5.74) is 0. The molecule has 2 rings (SSSR count). The molecule has 2 heterocycles. The average molecular weight is 292 g/mol. The number of piperazine rings is 1. The van der Waals surface area contributed by atoms with Crippen LogP contribution in [-0.2, 0) is 9.59 Å². The molecule has 0 saturated carbocycles. The number of carbonyl (C=O) groups excluding carboxylic acids is 2. The molecular weight excluding hydrogens is 273 g/mol. The van der Waals surface area contributed by atoms with Gasteiger partial charge in [0.1, 0.15) is 6.04 Å². The van der Waals surface area contributed by atoms with Gasteiger partial charge in [0.2, 0.25) is 11.8 Å². The highest BCUT2D eigenvalue weighted by atomic mass is 19.4. The van der Waals surface area contributed by atoms with E-state index in [0.29, 0.717) is 13.0 Å². The van der Waals surface area contributed by atoms with E-state index in [1.54, 1.807) is 4.90 Å². The molecule has 2 fully saturated rings. The molecule has 20 heavy (non-hydrogen) atoms. The number of piperidine rings is 1. The molecule has 0 N–H and O–H groups in total. The molecule has 2 amide bonds. The van der Waals surface area contributed by atoms with Crippen LogP contribution in [0.3, 0.4) is 0 Å². The van der Waals surface area contributed by atoms with Gasteiger partial charge in [-0.25, -0.2) is 0 Å². The van der Waals surface area contributed by atoms with Crippen molar-refractivity contribution in [2.24, 2.45) is 0 Å². The highest BCUT2D eigenvalue weighted by Gasteiger charge is 2.40. The van der Waals surface area contributed by atoms with Gasteiger partial charge in [-0.15, -0.1) is 0 Å². The van der Waals surface area contributed by atoms with Gasteiger partial charge < -0.3 is 9.80 Å². The molecule has 0 spiro atoms. The minimum absolute atomic E-state index is 0.00412. The molecule has 0 aromatic rings. The second-order valence-electron chi connectivity index (χ2n) is 5.43. The molecule has 0 radical (unpaired) electrons. The largest absolute Gasteiger partial charge is 0.389 e. The molecule has 2 aliphatic rings. The molecule has 1 unspecified atom stereocenters. The fourth-order valence-corrected chi connectivity index (χ4v) is 2.85. The second kappa shape index (κ2) is 6.01. The summed E-state index contributed by atoms with van der Waals surface area (Å²) >= 11 is 0. The van der Waals surface area contributed by atoms with Crippen LogP contribution in [0, 0.1) is 0 Å². The van der Waals surface area contributed by atoms with E-state index in [-0.39, 0.29) is 43.8 Å². The molecule has 0 aromatic carbocycles. The van der Waals surface area contributed by atoms with Gasteiger partial charge in [0.25, 0.3) is 0 Å². The fraction of sp³-hybridized carbons (Fsp3) is 0.846. The summed E-state index contributed by atoms with van der Waals surface area (Å²) in [6, 6.07) is -0.382. The lowest BCUT2D eigenvalue weighted by molar-refractivity contribution is -0.158. The van der Waals surface area contributed by atoms with Gasteiger partial charge in [-0.1, -0.05) is 0 Å². The Balaban J connectivity index is 1.83. The molecule has 2 saturated heterocycles. The third kappa shape index (κ3) is 3.64. The van der Waals surface area contributed by atoms with Crippen molar-refractivity contribution in [3.63, 3.8) is 0 Å². The molecule has 0 aromatic heterocycles. The van der Waals surface area contributed by atoms with Gasteiger partial charge in [-0.3, -0.25) is 9.59 Å². The average Bonchev–Trinajstić information content (AvgIpc) is 2.39. The number of rotatable bonds is 4. The van der Waals surface area contributed by atoms with E-state index in [0.717, 1.165) is 12.8 Å². The number of hydrogen-bond donors (Lipinski definition) is 0. The van der Waals surface area contributed by atoms with Crippen molar-refractivity contribution in [1.29, 1.82) is 0 Å². The predicted octanol–water partition coefficient (Wildman–Crippen LogP) is 1.94. The Morgan fingerprint density at radius 1 is 1.15 bits per heavy atom. The lowest BCUT2D eigenvalue weighted by atomic mass is 9.98. The van der Waals surface area contributed by atoms with Gasteiger partial charge in [-0.05, 0) is 32.1 Å². The standard InChI is InChI=1S/C13H19F3N2O2/c14-13(15,16)6-2-4-7-17-9-11(19)18-8-3-1-5-10(18)12(17)20/h10H,1-9H2. The minimum Gasteiger partial charge on any atom is -0.332 e. The van der Waals surface area contributed by atoms with Crippen LogP contribution in [0.25, 0.3) is 0 Å². The zero-order chi connectivity index (χ0) is 14.8. The monoisotopic (exact) mass is 292 g/mol. The highest BCUT2D eigenvalue weighted by Crippen LogP contribution is 2.25. The summed E-state index contributed by atoms with van der Waals surface area (Å²) in [5, 5.41) is 0. The summed E-state index contributed by atoms with van der Waals surface area (Å²) in [6.45, 7) is 0.878. The Hall–Kier alpha value is -1.27. The van der Waals surface area contributed by atoms with Crippen molar-refractivity contribution < 1.29 is 22.8 Å². The predicted molar refractivity (Wildman–Crippen MR) is 65.8 cm³/mol. The molecular formula is C13H19F3N2O2. The number of halogens is 3. The van der Waals surface area contributed by atoms with Gasteiger partial charge in [0.15, 0.2) is 0 Å². The van der Waals surface area contributed by atoms with Crippen LogP contribution in [0.4, 0.5) is 13.2 Å². The normalized spacial score (nSPS) is 24.1. The fourth-order valence-electron chi connectivity index (χ4n) is 2.85. The summed E-state index contributed by atoms with van der Waals surface area (Å²) < 4.78 is 36.1. The van der Waals surface area contributed by atoms with Crippen LogP contribution >= 0.6 is 0 Å². The second-order valence-corrected chi connectivity index (χ2v) is 5.43.